The highest BCUT2D eigenvalue weighted by molar-refractivity contribution is 6.04. The van der Waals surface area contributed by atoms with Crippen LogP contribution in [0, 0.1) is 13.8 Å². The first-order valence-electron chi connectivity index (χ1n) is 11.7. The molecule has 2 aliphatic rings. The van der Waals surface area contributed by atoms with Gasteiger partial charge < -0.3 is 9.88 Å². The van der Waals surface area contributed by atoms with Crippen molar-refractivity contribution in [3.05, 3.63) is 59.2 Å². The number of aromatic nitrogens is 4. The molecule has 1 N–H and O–H groups in total. The number of likely N-dealkylation sites (tertiary alicyclic amines) is 1. The zero-order chi connectivity index (χ0) is 22.9. The Kier molecular flexibility index (Phi) is 4.40. The Morgan fingerprint density at radius 1 is 1.03 bits per heavy atom. The second kappa shape index (κ2) is 7.12. The summed E-state index contributed by atoms with van der Waals surface area (Å²) in [6.07, 6.45) is 6.72. The molecule has 3 aromatic heterocycles. The van der Waals surface area contributed by atoms with Gasteiger partial charge >= 0.3 is 0 Å². The number of Topliss-reactive ketones (excluding diaryl/α,β-unsaturated/α-hetero) is 1. The second-order valence-corrected chi connectivity index (χ2v) is 9.94. The molecule has 0 saturated carbocycles. The lowest BCUT2D eigenvalue weighted by molar-refractivity contribution is 0.0945. The minimum atomic E-state index is -0.00557. The van der Waals surface area contributed by atoms with Crippen molar-refractivity contribution in [1.29, 1.82) is 0 Å². The van der Waals surface area contributed by atoms with Crippen LogP contribution < -0.4 is 0 Å². The van der Waals surface area contributed by atoms with Gasteiger partial charge in [0, 0.05) is 64.6 Å². The van der Waals surface area contributed by atoms with Gasteiger partial charge in [0.1, 0.15) is 5.65 Å². The lowest BCUT2D eigenvalue weighted by Crippen LogP contribution is -2.39. The summed E-state index contributed by atoms with van der Waals surface area (Å²) in [4.78, 5) is 23.3. The van der Waals surface area contributed by atoms with Crippen LogP contribution in [-0.2, 0) is 12.5 Å². The molecule has 6 heteroatoms. The minimum Gasteiger partial charge on any atom is -0.346 e. The summed E-state index contributed by atoms with van der Waals surface area (Å²) in [5.74, 6) is 0.298. The molecular weight excluding hydrogens is 410 g/mol. The predicted octanol–water partition coefficient (Wildman–Crippen LogP) is 4.80. The van der Waals surface area contributed by atoms with Crippen LogP contribution in [0.5, 0.6) is 0 Å². The van der Waals surface area contributed by atoms with Gasteiger partial charge in [0.2, 0.25) is 0 Å². The highest BCUT2D eigenvalue weighted by Crippen LogP contribution is 2.47. The summed E-state index contributed by atoms with van der Waals surface area (Å²) >= 11 is 0. The van der Waals surface area contributed by atoms with Crippen molar-refractivity contribution in [2.75, 3.05) is 20.1 Å². The number of hydrogen-bond donors (Lipinski definition) is 1. The summed E-state index contributed by atoms with van der Waals surface area (Å²) in [7, 11) is 4.15. The van der Waals surface area contributed by atoms with E-state index in [1.54, 1.807) is 0 Å². The SMILES string of the molecule is Cc1nn(C)c(C)c1-c1cnc2[nH]cc(-c3ccc4c(c3)C3(CCN(C)CC3)CC4=O)c2c1. The van der Waals surface area contributed by atoms with E-state index in [-0.39, 0.29) is 5.41 Å². The van der Waals surface area contributed by atoms with E-state index in [9.17, 15) is 4.79 Å². The molecule has 0 amide bonds. The Balaban J connectivity index is 1.48. The number of nitrogens with one attached hydrogen (secondary N) is 1. The average molecular weight is 440 g/mol. The van der Waals surface area contributed by atoms with Gasteiger partial charge in [-0.05, 0) is 70.1 Å². The number of rotatable bonds is 2. The highest BCUT2D eigenvalue weighted by Gasteiger charge is 2.44. The van der Waals surface area contributed by atoms with E-state index in [0.29, 0.717) is 12.2 Å². The van der Waals surface area contributed by atoms with Crippen LogP contribution in [-0.4, -0.2) is 50.6 Å². The number of ketones is 1. The number of piperidine rings is 1. The molecule has 6 nitrogen and oxygen atoms in total. The molecule has 1 aliphatic carbocycles. The molecule has 0 radical (unpaired) electrons. The average Bonchev–Trinajstić information content (AvgIpc) is 3.42. The topological polar surface area (TPSA) is 66.8 Å². The van der Waals surface area contributed by atoms with Crippen molar-refractivity contribution in [2.24, 2.45) is 7.05 Å². The van der Waals surface area contributed by atoms with E-state index in [4.69, 9.17) is 4.98 Å². The molecule has 1 saturated heterocycles. The number of nitrogens with zero attached hydrogens (tertiary/aromatic N) is 4. The van der Waals surface area contributed by atoms with E-state index in [1.165, 1.54) is 5.56 Å². The fraction of sp³-hybridized carbons (Fsp3) is 0.370. The summed E-state index contributed by atoms with van der Waals surface area (Å²) in [6.45, 7) is 6.22. The summed E-state index contributed by atoms with van der Waals surface area (Å²) in [5, 5.41) is 5.68. The summed E-state index contributed by atoms with van der Waals surface area (Å²) in [6, 6.07) is 8.64. The molecule has 168 valence electrons. The summed E-state index contributed by atoms with van der Waals surface area (Å²) in [5.41, 5.74) is 9.67. The van der Waals surface area contributed by atoms with Crippen LogP contribution in [0.3, 0.4) is 0 Å². The molecular formula is C27H29N5O. The second-order valence-electron chi connectivity index (χ2n) is 9.94. The van der Waals surface area contributed by atoms with Gasteiger partial charge in [-0.2, -0.15) is 5.10 Å². The first kappa shape index (κ1) is 20.4. The van der Waals surface area contributed by atoms with Crippen LogP contribution in [0.25, 0.3) is 33.3 Å². The maximum Gasteiger partial charge on any atom is 0.164 e. The number of hydrogen-bond acceptors (Lipinski definition) is 4. The van der Waals surface area contributed by atoms with E-state index in [1.807, 2.05) is 37.1 Å². The minimum absolute atomic E-state index is 0.00557. The van der Waals surface area contributed by atoms with Gasteiger partial charge in [0.25, 0.3) is 0 Å². The molecule has 1 aliphatic heterocycles. The number of pyridine rings is 1. The van der Waals surface area contributed by atoms with E-state index in [0.717, 1.165) is 76.2 Å². The van der Waals surface area contributed by atoms with Crippen molar-refractivity contribution in [2.45, 2.75) is 38.5 Å². The molecule has 6 rings (SSSR count). The molecule has 33 heavy (non-hydrogen) atoms. The molecule has 1 spiro atoms. The van der Waals surface area contributed by atoms with Gasteiger partial charge in [-0.1, -0.05) is 12.1 Å². The van der Waals surface area contributed by atoms with Crippen LogP contribution in [0.15, 0.2) is 36.7 Å². The number of carbonyl (C=O) groups excluding carboxylic acids is 1. The van der Waals surface area contributed by atoms with Crippen LogP contribution in [0.2, 0.25) is 0 Å². The van der Waals surface area contributed by atoms with Gasteiger partial charge in [-0.3, -0.25) is 9.48 Å². The monoisotopic (exact) mass is 439 g/mol. The van der Waals surface area contributed by atoms with Gasteiger partial charge in [0.05, 0.1) is 5.69 Å². The zero-order valence-corrected chi connectivity index (χ0v) is 19.7. The molecule has 4 heterocycles. The van der Waals surface area contributed by atoms with Crippen LogP contribution in [0.1, 0.15) is 46.6 Å². The molecule has 1 fully saturated rings. The zero-order valence-electron chi connectivity index (χ0n) is 19.7. The number of aryl methyl sites for hydroxylation is 2. The standard InChI is InChI=1S/C27H29N5O/c1-16-25(17(2)32(4)30-16)19-11-21-22(15-29-26(21)28-14-19)18-5-6-20-23(12-18)27(13-24(20)33)7-9-31(3)10-8-27/h5-6,11-12,14-15H,7-10,13H2,1-4H3,(H,28,29). The molecule has 0 atom stereocenters. The number of H-pyrrole nitrogens is 1. The van der Waals surface area contributed by atoms with Crippen molar-refractivity contribution < 1.29 is 4.79 Å². The van der Waals surface area contributed by atoms with Crippen LogP contribution in [0.4, 0.5) is 0 Å². The van der Waals surface area contributed by atoms with Crippen molar-refractivity contribution >= 4 is 16.8 Å². The Morgan fingerprint density at radius 2 is 1.82 bits per heavy atom. The third kappa shape index (κ3) is 3.00. The predicted molar refractivity (Wildman–Crippen MR) is 131 cm³/mol. The maximum absolute atomic E-state index is 12.9. The number of carbonyl (C=O) groups is 1. The maximum atomic E-state index is 12.9. The first-order valence-corrected chi connectivity index (χ1v) is 11.7. The number of aromatic amines is 1. The van der Waals surface area contributed by atoms with Crippen molar-refractivity contribution in [3.8, 4) is 22.3 Å². The number of benzene rings is 1. The first-order chi connectivity index (χ1) is 15.9. The lowest BCUT2D eigenvalue weighted by atomic mass is 9.73. The Morgan fingerprint density at radius 3 is 2.55 bits per heavy atom. The smallest absolute Gasteiger partial charge is 0.164 e. The van der Waals surface area contributed by atoms with E-state index in [2.05, 4.69) is 47.2 Å². The molecule has 4 aromatic rings. The largest absolute Gasteiger partial charge is 0.346 e. The molecule has 0 unspecified atom stereocenters. The van der Waals surface area contributed by atoms with E-state index >= 15 is 0 Å². The Labute approximate surface area is 193 Å². The Bertz CT molecular complexity index is 1420. The fourth-order valence-corrected chi connectivity index (χ4v) is 5.95. The third-order valence-electron chi connectivity index (χ3n) is 7.97. The van der Waals surface area contributed by atoms with E-state index < -0.39 is 0 Å². The van der Waals surface area contributed by atoms with Gasteiger partial charge in [0.15, 0.2) is 5.78 Å². The van der Waals surface area contributed by atoms with Crippen LogP contribution >= 0.6 is 0 Å². The fourth-order valence-electron chi connectivity index (χ4n) is 5.95. The normalized spacial score (nSPS) is 17.9. The summed E-state index contributed by atoms with van der Waals surface area (Å²) < 4.78 is 1.92. The Hall–Kier alpha value is -3.25. The number of fused-ring (bicyclic) bond motifs is 3. The van der Waals surface area contributed by atoms with Crippen molar-refractivity contribution in [1.82, 2.24) is 24.6 Å². The lowest BCUT2D eigenvalue weighted by Gasteiger charge is -2.38. The quantitative estimate of drug-likeness (QED) is 0.487. The van der Waals surface area contributed by atoms with Crippen molar-refractivity contribution in [3.63, 3.8) is 0 Å². The highest BCUT2D eigenvalue weighted by atomic mass is 16.1. The molecule has 1 aromatic carbocycles. The third-order valence-corrected chi connectivity index (χ3v) is 7.97. The van der Waals surface area contributed by atoms with Gasteiger partial charge in [-0.15, -0.1) is 0 Å². The van der Waals surface area contributed by atoms with Gasteiger partial charge in [-0.25, -0.2) is 4.98 Å². The molecule has 0 bridgehead atoms.